The second-order valence-corrected chi connectivity index (χ2v) is 35.3. The Hall–Kier alpha value is -7.37. The maximum atomic E-state index is 14.6. The van der Waals surface area contributed by atoms with Crippen LogP contribution in [0.5, 0.6) is 0 Å². The van der Waals surface area contributed by atoms with Crippen LogP contribution >= 0.6 is 34.7 Å². The van der Waals surface area contributed by atoms with E-state index in [2.05, 4.69) is 61.6 Å². The summed E-state index contributed by atoms with van der Waals surface area (Å²) in [6.07, 6.45) is 3.37. The lowest BCUT2D eigenvalue weighted by molar-refractivity contribution is -0.144. The number of nitrogens with one attached hydrogen (secondary N) is 4. The number of rotatable bonds is 27. The van der Waals surface area contributed by atoms with Crippen LogP contribution in [-0.4, -0.2) is 184 Å². The van der Waals surface area contributed by atoms with Gasteiger partial charge >= 0.3 is 5.51 Å². The van der Waals surface area contributed by atoms with Crippen LogP contribution < -0.4 is 25.6 Å². The molecule has 10 rings (SSSR count). The van der Waals surface area contributed by atoms with Crippen LogP contribution in [0.15, 0.2) is 147 Å². The standard InChI is InChI=1S/C76H94ClF3N10O10S4/c1-50(52-17-19-54(20-18-52)69-51(2)81-49-102-69)82-72(95)65-43-60(91)47-90(65)73(96)70(74(3,4)5)84-67(92)15-11-12-16-68(93)89-41-35-86(36-42-89)34-32-58(48-101-61-13-9-8-10-14-61)83-64-30-29-62(44-66(64)103(97,98)76(78,79)80)104(99,100)85-71(94)55-23-27-59(28-24-55)88-39-37-87(38-40-88)46-56-45-75(6,7)33-31-63(56)53-21-25-57(77)26-22-53/h8-10,13-14,17-30,44,49-50,58,60,65,70,83,91H,11-12,15-16,31-43,45-48H2,1-7H3,(H,82,95)(H,84,92)(H,85,94)/t50-,58?,60+,65-,70?/m0/s1. The lowest BCUT2D eigenvalue weighted by atomic mass is 9.73. The SMILES string of the molecule is Cc1ncsc1-c1ccc([C@H](C)NC(=O)[C@@H]2C[C@@H](O)CN2C(=O)C(NC(=O)CCCCC(=O)N2CCN(CCC(CSc3ccccc3)Nc3ccc(S(=O)(=O)NC(=O)c4ccc(N5CCN(CC6=C(c7ccc(Cl)cc7)CCC(C)(C)C6)CC5)cc4)cc3S(=O)(=O)C(F)(F)F)CC2)C(C)(C)C)cc1. The number of aliphatic hydroxyl groups is 1. The van der Waals surface area contributed by atoms with Crippen molar-refractivity contribution in [2.75, 3.05) is 88.0 Å². The molecule has 3 fully saturated rings. The van der Waals surface area contributed by atoms with Crippen LogP contribution in [0.3, 0.4) is 0 Å². The Morgan fingerprint density at radius 1 is 0.798 bits per heavy atom. The van der Waals surface area contributed by atoms with Gasteiger partial charge in [0.25, 0.3) is 25.8 Å². The number of benzene rings is 5. The summed E-state index contributed by atoms with van der Waals surface area (Å²) < 4.78 is 100. The molecular weight excluding hydrogens is 1430 g/mol. The number of β-amino-alcohol motifs (C(OH)–C–C–N with tert-alkyl or cyclic N) is 1. The fourth-order valence-electron chi connectivity index (χ4n) is 13.9. The van der Waals surface area contributed by atoms with Crippen molar-refractivity contribution < 1.29 is 59.1 Å². The predicted octanol–water partition coefficient (Wildman–Crippen LogP) is 12.0. The molecular formula is C76H94ClF3N10O10S4. The van der Waals surface area contributed by atoms with Gasteiger partial charge in [0.2, 0.25) is 23.6 Å². The summed E-state index contributed by atoms with van der Waals surface area (Å²) in [6, 6.07) is 30.6. The molecule has 3 aliphatic heterocycles. The smallest absolute Gasteiger partial charge is 0.391 e. The van der Waals surface area contributed by atoms with Crippen LogP contribution in [0.4, 0.5) is 24.5 Å². The molecule has 5 atom stereocenters. The Morgan fingerprint density at radius 2 is 1.45 bits per heavy atom. The first-order valence-corrected chi connectivity index (χ1v) is 40.5. The maximum absolute atomic E-state index is 14.6. The minimum atomic E-state index is -6.19. The highest BCUT2D eigenvalue weighted by Gasteiger charge is 2.49. The first-order chi connectivity index (χ1) is 49.2. The molecule has 5 N–H and O–H groups in total. The number of anilines is 2. The van der Waals surface area contributed by atoms with E-state index in [9.17, 15) is 59.1 Å². The molecule has 1 aliphatic carbocycles. The lowest BCUT2D eigenvalue weighted by Crippen LogP contribution is -2.57. The third-order valence-corrected chi connectivity index (χ3v) is 25.2. The number of hydrogen-bond donors (Lipinski definition) is 5. The van der Waals surface area contributed by atoms with Gasteiger partial charge in [-0.15, -0.1) is 23.1 Å². The first-order valence-electron chi connectivity index (χ1n) is 35.3. The number of sulfonamides is 1. The maximum Gasteiger partial charge on any atom is 0.501 e. The van der Waals surface area contributed by atoms with Crippen molar-refractivity contribution in [1.29, 1.82) is 0 Å². The number of alkyl halides is 3. The molecule has 0 bridgehead atoms. The summed E-state index contributed by atoms with van der Waals surface area (Å²) in [7, 11) is -11.1. The number of unbranched alkanes of at least 4 members (excludes halogenated alkanes) is 1. The number of piperazine rings is 2. The van der Waals surface area contributed by atoms with Gasteiger partial charge in [-0.3, -0.25) is 33.8 Å². The molecule has 4 heterocycles. The predicted molar refractivity (Wildman–Crippen MR) is 402 cm³/mol. The zero-order valence-electron chi connectivity index (χ0n) is 59.8. The second-order valence-electron chi connectivity index (χ2n) is 29.3. The molecule has 28 heteroatoms. The van der Waals surface area contributed by atoms with Crippen molar-refractivity contribution in [2.24, 2.45) is 10.8 Å². The number of carbonyl (C=O) groups excluding carboxylic acids is 5. The molecule has 5 aromatic carbocycles. The fraction of sp³-hybridized carbons (Fsp3) is 0.474. The van der Waals surface area contributed by atoms with E-state index in [1.807, 2.05) is 106 Å². The van der Waals surface area contributed by atoms with Crippen molar-refractivity contribution in [3.63, 3.8) is 0 Å². The number of aryl methyl sites for hydroxylation is 1. The number of sulfone groups is 1. The third kappa shape index (κ3) is 20.4. The zero-order chi connectivity index (χ0) is 74.9. The fourth-order valence-corrected chi connectivity index (χ4v) is 17.8. The molecule has 0 saturated carbocycles. The number of thioether (sulfide) groups is 1. The molecule has 20 nitrogen and oxygen atoms in total. The van der Waals surface area contributed by atoms with E-state index in [4.69, 9.17) is 11.6 Å². The van der Waals surface area contributed by atoms with E-state index >= 15 is 0 Å². The summed E-state index contributed by atoms with van der Waals surface area (Å²) in [5.74, 6) is -2.24. The van der Waals surface area contributed by atoms with Crippen LogP contribution in [0.25, 0.3) is 16.0 Å². The molecule has 4 aliphatic rings. The Kier molecular flexibility index (Phi) is 25.9. The van der Waals surface area contributed by atoms with Crippen LogP contribution in [-0.2, 0) is 39.0 Å². The van der Waals surface area contributed by atoms with Crippen molar-refractivity contribution in [3.8, 4) is 10.4 Å². The highest BCUT2D eigenvalue weighted by molar-refractivity contribution is 7.99. The number of allylic oxidation sites excluding steroid dienone is 1. The molecule has 0 radical (unpaired) electrons. The van der Waals surface area contributed by atoms with Crippen molar-refractivity contribution in [3.05, 3.63) is 160 Å². The summed E-state index contributed by atoms with van der Waals surface area (Å²) in [5.41, 5.74) is 2.44. The van der Waals surface area contributed by atoms with Gasteiger partial charge in [0.15, 0.2) is 0 Å². The van der Waals surface area contributed by atoms with Crippen LogP contribution in [0.2, 0.25) is 5.02 Å². The van der Waals surface area contributed by atoms with Crippen molar-refractivity contribution in [1.82, 2.24) is 39.9 Å². The number of thiazole rings is 1. The number of halogens is 4. The summed E-state index contributed by atoms with van der Waals surface area (Å²) in [4.78, 5) is 82.6. The van der Waals surface area contributed by atoms with Gasteiger partial charge in [-0.2, -0.15) is 13.2 Å². The topological polar surface area (TPSA) is 251 Å². The number of hydrogen-bond acceptors (Lipinski definition) is 17. The van der Waals surface area contributed by atoms with E-state index in [0.29, 0.717) is 69.7 Å². The molecule has 0 spiro atoms. The number of nitrogens with zero attached hydrogens (tertiary/aromatic N) is 6. The average Bonchev–Trinajstić information content (AvgIpc) is 1.54. The quantitative estimate of drug-likeness (QED) is 0.0237. The molecule has 2 unspecified atom stereocenters. The minimum absolute atomic E-state index is 0.0257. The summed E-state index contributed by atoms with van der Waals surface area (Å²) >= 11 is 9.16. The van der Waals surface area contributed by atoms with E-state index in [-0.39, 0.29) is 54.9 Å². The Bertz CT molecular complexity index is 4280. The minimum Gasteiger partial charge on any atom is -0.391 e. The van der Waals surface area contributed by atoms with Gasteiger partial charge in [-0.25, -0.2) is 26.5 Å². The van der Waals surface area contributed by atoms with Gasteiger partial charge in [0.1, 0.15) is 17.0 Å². The van der Waals surface area contributed by atoms with E-state index in [1.54, 1.807) is 33.9 Å². The van der Waals surface area contributed by atoms with E-state index < -0.39 is 100 Å². The van der Waals surface area contributed by atoms with Crippen molar-refractivity contribution >= 4 is 101 Å². The largest absolute Gasteiger partial charge is 0.501 e. The van der Waals surface area contributed by atoms with Crippen LogP contribution in [0.1, 0.15) is 133 Å². The number of aromatic nitrogens is 1. The molecule has 560 valence electrons. The van der Waals surface area contributed by atoms with Gasteiger partial charge in [0.05, 0.1) is 38.8 Å². The van der Waals surface area contributed by atoms with Gasteiger partial charge in [-0.1, -0.05) is 106 Å². The van der Waals surface area contributed by atoms with Gasteiger partial charge in [0, 0.05) is 124 Å². The third-order valence-electron chi connectivity index (χ3n) is 19.9. The lowest BCUT2D eigenvalue weighted by Gasteiger charge is -2.39. The van der Waals surface area contributed by atoms with Crippen molar-refractivity contribution in [2.45, 2.75) is 157 Å². The monoisotopic (exact) mass is 1530 g/mol. The molecule has 6 aromatic rings. The molecule has 3 saturated heterocycles. The first kappa shape index (κ1) is 79.2. The van der Waals surface area contributed by atoms with E-state index in [1.165, 1.54) is 45.5 Å². The highest BCUT2D eigenvalue weighted by atomic mass is 35.5. The normalized spacial score (nSPS) is 18.8. The number of amides is 5. The van der Waals surface area contributed by atoms with Crippen LogP contribution in [0, 0.1) is 17.8 Å². The summed E-state index contributed by atoms with van der Waals surface area (Å²) in [5, 5.41) is 20.4. The molecule has 104 heavy (non-hydrogen) atoms. The summed E-state index contributed by atoms with van der Waals surface area (Å²) in [6.45, 7) is 19.6. The molecule has 1 aromatic heterocycles. The van der Waals surface area contributed by atoms with E-state index in [0.717, 1.165) is 83.3 Å². The number of aliphatic hydroxyl groups excluding tert-OH is 1. The zero-order valence-corrected chi connectivity index (χ0v) is 63.8. The molecule has 5 amide bonds. The second kappa shape index (κ2) is 34.0. The van der Waals surface area contributed by atoms with Gasteiger partial charge in [-0.05, 0) is 152 Å². The Morgan fingerprint density at radius 3 is 2.10 bits per heavy atom. The van der Waals surface area contributed by atoms with Gasteiger partial charge < -0.3 is 35.8 Å². The number of likely N-dealkylation sites (tertiary alicyclic amines) is 1. The number of carbonyl (C=O) groups is 5. The Balaban J connectivity index is 0.701. The highest BCUT2D eigenvalue weighted by Crippen LogP contribution is 2.44. The Labute approximate surface area is 621 Å². The average molecular weight is 1530 g/mol.